The van der Waals surface area contributed by atoms with Gasteiger partial charge >= 0.3 is 6.18 Å². The first-order valence-corrected chi connectivity index (χ1v) is 12.3. The fraction of sp³-hybridized carbons (Fsp3) is 0.0714. The van der Waals surface area contributed by atoms with Gasteiger partial charge in [-0.05, 0) is 48.0 Å². The molecule has 4 rings (SSSR count). The van der Waals surface area contributed by atoms with Crippen LogP contribution in [0.5, 0.6) is 0 Å². The zero-order valence-electron chi connectivity index (χ0n) is 20.0. The number of alkyl halides is 3. The average molecular weight is 552 g/mol. The van der Waals surface area contributed by atoms with Gasteiger partial charge in [0.05, 0.1) is 16.2 Å². The minimum Gasteiger partial charge on any atom is -0.324 e. The van der Waals surface area contributed by atoms with Gasteiger partial charge in [-0.1, -0.05) is 48.5 Å². The van der Waals surface area contributed by atoms with Crippen molar-refractivity contribution in [3.8, 4) is 0 Å². The van der Waals surface area contributed by atoms with Crippen LogP contribution in [0.3, 0.4) is 0 Å². The maximum Gasteiger partial charge on any atom is 0.418 e. The second-order valence-corrected chi connectivity index (χ2v) is 9.41. The summed E-state index contributed by atoms with van der Waals surface area (Å²) in [6.45, 7) is 0. The number of non-ortho nitro benzene ring substituents is 1. The zero-order valence-corrected chi connectivity index (χ0v) is 20.8. The Balaban J connectivity index is 1.52. The molecule has 0 spiro atoms. The first-order valence-electron chi connectivity index (χ1n) is 11.5. The van der Waals surface area contributed by atoms with E-state index in [0.29, 0.717) is 16.1 Å². The number of thioether (sulfide) groups is 1. The number of halogens is 3. The second kappa shape index (κ2) is 11.8. The lowest BCUT2D eigenvalue weighted by Crippen LogP contribution is -2.21. The number of nitro groups is 1. The van der Waals surface area contributed by atoms with Crippen LogP contribution in [0.15, 0.2) is 108 Å². The summed E-state index contributed by atoms with van der Waals surface area (Å²) in [5.74, 6) is -1.17. The molecule has 39 heavy (non-hydrogen) atoms. The minimum atomic E-state index is -4.63. The number of hydrogen-bond acceptors (Lipinski definition) is 5. The van der Waals surface area contributed by atoms with E-state index in [1.165, 1.54) is 42.5 Å². The highest BCUT2D eigenvalue weighted by molar-refractivity contribution is 8.00. The number of carbonyl (C=O) groups excluding carboxylic acids is 2. The lowest BCUT2D eigenvalue weighted by molar-refractivity contribution is -0.384. The topological polar surface area (TPSA) is 101 Å². The van der Waals surface area contributed by atoms with Gasteiger partial charge in [0.1, 0.15) is 5.25 Å². The maximum atomic E-state index is 13.4. The maximum absolute atomic E-state index is 13.4. The van der Waals surface area contributed by atoms with E-state index in [9.17, 15) is 32.9 Å². The first kappa shape index (κ1) is 27.4. The van der Waals surface area contributed by atoms with Gasteiger partial charge in [-0.25, -0.2) is 0 Å². The number of hydrogen-bond donors (Lipinski definition) is 2. The van der Waals surface area contributed by atoms with Crippen molar-refractivity contribution in [3.63, 3.8) is 0 Å². The number of benzene rings is 4. The Kier molecular flexibility index (Phi) is 8.30. The van der Waals surface area contributed by atoms with Gasteiger partial charge in [-0.2, -0.15) is 13.2 Å². The fourth-order valence-corrected chi connectivity index (χ4v) is 4.68. The molecule has 0 aromatic heterocycles. The SMILES string of the molecule is O=C(Nc1ccc(SC(C(=O)Nc2ccccc2C(F)(F)F)c2ccccc2)cc1)c1cccc([N+](=O)[O-])c1. The van der Waals surface area contributed by atoms with Gasteiger partial charge in [0.25, 0.3) is 11.6 Å². The number of nitro benzene ring substituents is 1. The van der Waals surface area contributed by atoms with Crippen LogP contribution < -0.4 is 10.6 Å². The molecule has 2 N–H and O–H groups in total. The number of para-hydroxylation sites is 1. The van der Waals surface area contributed by atoms with Crippen molar-refractivity contribution < 1.29 is 27.7 Å². The van der Waals surface area contributed by atoms with Crippen LogP contribution in [-0.2, 0) is 11.0 Å². The fourth-order valence-electron chi connectivity index (χ4n) is 3.66. The normalized spacial score (nSPS) is 11.9. The van der Waals surface area contributed by atoms with E-state index in [0.717, 1.165) is 17.8 Å². The number of rotatable bonds is 8. The van der Waals surface area contributed by atoms with Gasteiger partial charge in [-0.3, -0.25) is 19.7 Å². The van der Waals surface area contributed by atoms with Crippen LogP contribution >= 0.6 is 11.8 Å². The standard InChI is InChI=1S/C28H20F3N3O4S/c29-28(30,31)23-11-4-5-12-24(23)33-27(36)25(18-7-2-1-3-8-18)39-22-15-13-20(14-16-22)32-26(35)19-9-6-10-21(17-19)34(37)38/h1-17,25H,(H,32,35)(H,33,36). The van der Waals surface area contributed by atoms with Gasteiger partial charge in [0.15, 0.2) is 0 Å². The van der Waals surface area contributed by atoms with E-state index in [-0.39, 0.29) is 16.9 Å². The molecule has 0 saturated carbocycles. The third-order valence-electron chi connectivity index (χ3n) is 5.52. The third-order valence-corrected chi connectivity index (χ3v) is 6.78. The van der Waals surface area contributed by atoms with E-state index < -0.39 is 33.7 Å². The third kappa shape index (κ3) is 7.02. The predicted molar refractivity (Wildman–Crippen MR) is 143 cm³/mol. The molecule has 0 saturated heterocycles. The predicted octanol–water partition coefficient (Wildman–Crippen LogP) is 7.34. The Labute approximate surface area is 225 Å². The molecule has 0 aliphatic heterocycles. The van der Waals surface area contributed by atoms with E-state index in [2.05, 4.69) is 10.6 Å². The van der Waals surface area contributed by atoms with E-state index >= 15 is 0 Å². The van der Waals surface area contributed by atoms with Crippen molar-refractivity contribution in [1.29, 1.82) is 0 Å². The number of amides is 2. The van der Waals surface area contributed by atoms with Crippen molar-refractivity contribution >= 4 is 40.6 Å². The van der Waals surface area contributed by atoms with Crippen molar-refractivity contribution in [1.82, 2.24) is 0 Å². The zero-order chi connectivity index (χ0) is 28.0. The Morgan fingerprint density at radius 2 is 1.49 bits per heavy atom. The molecular weight excluding hydrogens is 531 g/mol. The van der Waals surface area contributed by atoms with E-state index in [4.69, 9.17) is 0 Å². The highest BCUT2D eigenvalue weighted by Crippen LogP contribution is 2.39. The van der Waals surface area contributed by atoms with Gasteiger partial charge in [-0.15, -0.1) is 11.8 Å². The summed E-state index contributed by atoms with van der Waals surface area (Å²) in [4.78, 5) is 36.8. The van der Waals surface area contributed by atoms with Crippen LogP contribution in [0.4, 0.5) is 30.2 Å². The monoisotopic (exact) mass is 551 g/mol. The second-order valence-electron chi connectivity index (χ2n) is 8.23. The molecule has 0 radical (unpaired) electrons. The molecule has 0 aliphatic carbocycles. The van der Waals surface area contributed by atoms with Crippen LogP contribution in [0, 0.1) is 10.1 Å². The molecule has 198 valence electrons. The first-order chi connectivity index (χ1) is 18.6. The lowest BCUT2D eigenvalue weighted by Gasteiger charge is -2.19. The summed E-state index contributed by atoms with van der Waals surface area (Å²) >= 11 is 1.13. The van der Waals surface area contributed by atoms with Crippen LogP contribution in [0.2, 0.25) is 0 Å². The van der Waals surface area contributed by atoms with Crippen LogP contribution in [0.25, 0.3) is 0 Å². The highest BCUT2D eigenvalue weighted by Gasteiger charge is 2.34. The molecule has 4 aromatic rings. The van der Waals surface area contributed by atoms with Gasteiger partial charge < -0.3 is 10.6 Å². The summed E-state index contributed by atoms with van der Waals surface area (Å²) < 4.78 is 40.3. The van der Waals surface area contributed by atoms with Crippen LogP contribution in [0.1, 0.15) is 26.7 Å². The van der Waals surface area contributed by atoms with Crippen molar-refractivity contribution in [2.75, 3.05) is 10.6 Å². The molecule has 11 heteroatoms. The summed E-state index contributed by atoms with van der Waals surface area (Å²) in [6.07, 6.45) is -4.63. The Morgan fingerprint density at radius 3 is 2.15 bits per heavy atom. The number of nitrogens with one attached hydrogen (secondary N) is 2. The minimum absolute atomic E-state index is 0.114. The molecule has 2 amide bonds. The molecule has 0 aliphatic rings. The van der Waals surface area contributed by atoms with E-state index in [1.807, 2.05) is 0 Å². The average Bonchev–Trinajstić information content (AvgIpc) is 2.92. The van der Waals surface area contributed by atoms with Gasteiger partial charge in [0.2, 0.25) is 5.91 Å². The molecule has 1 atom stereocenters. The molecule has 0 bridgehead atoms. The molecular formula is C28H20F3N3O4S. The Bertz CT molecular complexity index is 1500. The quantitative estimate of drug-likeness (QED) is 0.136. The lowest BCUT2D eigenvalue weighted by atomic mass is 10.1. The summed E-state index contributed by atoms with van der Waals surface area (Å²) in [6, 6.07) is 25.2. The smallest absolute Gasteiger partial charge is 0.324 e. The number of anilines is 2. The largest absolute Gasteiger partial charge is 0.418 e. The van der Waals surface area contributed by atoms with Crippen molar-refractivity contribution in [2.24, 2.45) is 0 Å². The Hall–Kier alpha value is -4.64. The van der Waals surface area contributed by atoms with Gasteiger partial charge in [0, 0.05) is 28.3 Å². The number of carbonyl (C=O) groups is 2. The summed E-state index contributed by atoms with van der Waals surface area (Å²) in [5.41, 5.74) is -0.377. The van der Waals surface area contributed by atoms with Crippen molar-refractivity contribution in [2.45, 2.75) is 16.3 Å². The molecule has 1 unspecified atom stereocenters. The van der Waals surface area contributed by atoms with Crippen molar-refractivity contribution in [3.05, 3.63) is 130 Å². The summed E-state index contributed by atoms with van der Waals surface area (Å²) in [5, 5.41) is 15.2. The highest BCUT2D eigenvalue weighted by atomic mass is 32.2. The number of nitrogens with zero attached hydrogens (tertiary/aromatic N) is 1. The van der Waals surface area contributed by atoms with E-state index in [1.54, 1.807) is 54.6 Å². The molecule has 0 fully saturated rings. The van der Waals surface area contributed by atoms with Crippen LogP contribution in [-0.4, -0.2) is 16.7 Å². The Morgan fingerprint density at radius 1 is 0.821 bits per heavy atom. The summed E-state index contributed by atoms with van der Waals surface area (Å²) in [7, 11) is 0. The molecule has 7 nitrogen and oxygen atoms in total. The molecule has 0 heterocycles. The molecule has 4 aromatic carbocycles.